The van der Waals surface area contributed by atoms with E-state index in [0.717, 1.165) is 6.08 Å². The van der Waals surface area contributed by atoms with Gasteiger partial charge in [-0.25, -0.2) is 10.2 Å². The predicted molar refractivity (Wildman–Crippen MR) is 37.1 cm³/mol. The van der Waals surface area contributed by atoms with Crippen LogP contribution in [0.5, 0.6) is 0 Å². The molecule has 0 unspecified atom stereocenters. The van der Waals surface area contributed by atoms with Crippen LogP contribution in [0.15, 0.2) is 0 Å². The summed E-state index contributed by atoms with van der Waals surface area (Å²) in [5.74, 6) is 2.52. The van der Waals surface area contributed by atoms with E-state index >= 15 is 0 Å². The van der Waals surface area contributed by atoms with Gasteiger partial charge in [0.25, 0.3) is 0 Å². The third kappa shape index (κ3) is 42.8. The van der Waals surface area contributed by atoms with E-state index in [-0.39, 0.29) is 0 Å². The summed E-state index contributed by atoms with van der Waals surface area (Å²) in [5.41, 5.74) is 0. The van der Waals surface area contributed by atoms with Crippen molar-refractivity contribution in [1.82, 2.24) is 0 Å². The number of hydrogen-bond donors (Lipinski definition) is 1. The second-order valence-corrected chi connectivity index (χ2v) is 2.45. The lowest BCUT2D eigenvalue weighted by Crippen LogP contribution is -1.64. The van der Waals surface area contributed by atoms with Crippen LogP contribution >= 0.6 is 11.8 Å². The summed E-state index contributed by atoms with van der Waals surface area (Å²) in [6.45, 7) is 4.35. The average Bonchev–Trinajstić information content (AvgIpc) is 1.71. The summed E-state index contributed by atoms with van der Waals surface area (Å²) in [5, 5.41) is 5.40. The van der Waals surface area contributed by atoms with Crippen molar-refractivity contribution >= 4 is 17.8 Å². The predicted octanol–water partition coefficient (Wildman–Crippen LogP) is 1.66. The second kappa shape index (κ2) is 15.9. The van der Waals surface area contributed by atoms with Gasteiger partial charge in [-0.1, -0.05) is 13.8 Å². The second-order valence-electron chi connectivity index (χ2n) is 0.884. The van der Waals surface area contributed by atoms with Crippen LogP contribution in [-0.4, -0.2) is 17.6 Å². The first-order valence-corrected chi connectivity index (χ1v) is 3.60. The molecule has 0 rings (SSSR count). The van der Waals surface area contributed by atoms with Crippen molar-refractivity contribution in [3.05, 3.63) is 0 Å². The minimum Gasteiger partial charge on any atom is -0.222 e. The molecule has 8 heavy (non-hydrogen) atoms. The van der Waals surface area contributed by atoms with E-state index in [0.29, 0.717) is 0 Å². The molecule has 0 spiro atoms. The van der Waals surface area contributed by atoms with Crippen LogP contribution in [0.4, 0.5) is 0 Å². The van der Waals surface area contributed by atoms with Crippen molar-refractivity contribution < 1.29 is 4.79 Å². The monoisotopic (exact) mass is 133 g/mol. The molecule has 0 aromatic rings. The molecule has 3 heteroatoms. The first kappa shape index (κ1) is 10.7. The zero-order valence-corrected chi connectivity index (χ0v) is 6.05. The van der Waals surface area contributed by atoms with E-state index in [2.05, 4.69) is 13.8 Å². The van der Waals surface area contributed by atoms with E-state index in [1.807, 2.05) is 11.8 Å². The Kier molecular flexibility index (Phi) is 21.2. The zero-order chi connectivity index (χ0) is 6.83. The van der Waals surface area contributed by atoms with Gasteiger partial charge in [0.1, 0.15) is 0 Å². The van der Waals surface area contributed by atoms with Gasteiger partial charge in [0.2, 0.25) is 6.08 Å². The van der Waals surface area contributed by atoms with Crippen LogP contribution in [0.3, 0.4) is 0 Å². The number of hydrogen-bond acceptors (Lipinski definition) is 3. The number of rotatable bonds is 2. The first-order valence-electron chi connectivity index (χ1n) is 2.45. The highest BCUT2D eigenvalue weighted by Gasteiger charge is 1.67. The van der Waals surface area contributed by atoms with E-state index in [1.165, 1.54) is 11.5 Å². The molecule has 0 heterocycles. The molecular weight excluding hydrogens is 122 g/mol. The quantitative estimate of drug-likeness (QED) is 0.459. The van der Waals surface area contributed by atoms with Crippen molar-refractivity contribution in [3.63, 3.8) is 0 Å². The van der Waals surface area contributed by atoms with E-state index in [9.17, 15) is 0 Å². The van der Waals surface area contributed by atoms with Gasteiger partial charge in [-0.3, -0.25) is 0 Å². The van der Waals surface area contributed by atoms with Gasteiger partial charge < -0.3 is 0 Å². The number of carbonyl (C=O) groups excluding carboxylic acids is 1. The molecule has 0 saturated heterocycles. The van der Waals surface area contributed by atoms with Gasteiger partial charge >= 0.3 is 0 Å². The number of isocyanates is 1. The van der Waals surface area contributed by atoms with Crippen molar-refractivity contribution in [2.45, 2.75) is 13.8 Å². The van der Waals surface area contributed by atoms with Gasteiger partial charge in [0, 0.05) is 0 Å². The normalized spacial score (nSPS) is 6.25. The Morgan fingerprint density at radius 2 is 1.75 bits per heavy atom. The maximum Gasteiger partial charge on any atom is 0.231 e. The minimum absolute atomic E-state index is 0.750. The van der Waals surface area contributed by atoms with E-state index in [4.69, 9.17) is 10.2 Å². The smallest absolute Gasteiger partial charge is 0.222 e. The molecule has 1 N–H and O–H groups in total. The van der Waals surface area contributed by atoms with E-state index in [1.54, 1.807) is 0 Å². The highest BCUT2D eigenvalue weighted by Crippen LogP contribution is 1.93. The number of nitrogens with one attached hydrogen (secondary N) is 1. The summed E-state index contributed by atoms with van der Waals surface area (Å²) in [6.07, 6.45) is 0.750. The Labute approximate surface area is 54.2 Å². The number of thioether (sulfide) groups is 1. The Morgan fingerprint density at radius 1 is 1.50 bits per heavy atom. The van der Waals surface area contributed by atoms with Gasteiger partial charge in [0.15, 0.2) is 0 Å². The molecule has 0 aromatic carbocycles. The van der Waals surface area contributed by atoms with Gasteiger partial charge in [-0.05, 0) is 11.5 Å². The van der Waals surface area contributed by atoms with Crippen LogP contribution in [0.25, 0.3) is 0 Å². The molecule has 0 atom stereocenters. The molecule has 48 valence electrons. The van der Waals surface area contributed by atoms with Crippen LogP contribution in [0.1, 0.15) is 13.8 Å². The van der Waals surface area contributed by atoms with Gasteiger partial charge in [-0.2, -0.15) is 11.8 Å². The maximum atomic E-state index is 8.35. The van der Waals surface area contributed by atoms with Crippen molar-refractivity contribution in [1.29, 1.82) is 5.41 Å². The lowest BCUT2D eigenvalue weighted by Gasteiger charge is -1.80. The fraction of sp³-hybridized carbons (Fsp3) is 0.800. The molecular formula is C5H11NOS. The molecule has 2 nitrogen and oxygen atoms in total. The fourth-order valence-corrected chi connectivity index (χ4v) is 0.612. The van der Waals surface area contributed by atoms with E-state index < -0.39 is 0 Å². The average molecular weight is 133 g/mol. The Bertz CT molecular complexity index is 57.4. The highest BCUT2D eigenvalue weighted by molar-refractivity contribution is 7.99. The third-order valence-corrected chi connectivity index (χ3v) is 1.22. The SMILES string of the molecule is CCSCC.N=C=O. The van der Waals surface area contributed by atoms with Crippen LogP contribution in [-0.2, 0) is 4.79 Å². The standard InChI is InChI=1S/C4H10S.CHNO/c1-3-5-4-2;2-1-3/h3-4H2,1-2H3;2H. The fourth-order valence-electron chi connectivity index (χ4n) is 0.204. The molecule has 0 aliphatic carbocycles. The van der Waals surface area contributed by atoms with Crippen molar-refractivity contribution in [2.24, 2.45) is 0 Å². The van der Waals surface area contributed by atoms with Crippen LogP contribution < -0.4 is 0 Å². The lowest BCUT2D eigenvalue weighted by atomic mass is 11.0. The molecule has 0 aliphatic heterocycles. The molecule has 0 fully saturated rings. The Hall–Kier alpha value is -0.270. The first-order chi connectivity index (χ1) is 3.83. The molecule has 0 amide bonds. The summed E-state index contributed by atoms with van der Waals surface area (Å²) in [7, 11) is 0. The minimum atomic E-state index is 0.750. The Balaban J connectivity index is 0. The molecule has 0 bridgehead atoms. The summed E-state index contributed by atoms with van der Waals surface area (Å²) in [4.78, 5) is 8.35. The summed E-state index contributed by atoms with van der Waals surface area (Å²) >= 11 is 1.96. The molecule has 0 aromatic heterocycles. The molecule has 0 aliphatic rings. The Morgan fingerprint density at radius 3 is 1.75 bits per heavy atom. The largest absolute Gasteiger partial charge is 0.231 e. The maximum absolute atomic E-state index is 8.35. The zero-order valence-electron chi connectivity index (χ0n) is 5.23. The van der Waals surface area contributed by atoms with Crippen LogP contribution in [0, 0.1) is 5.41 Å². The third-order valence-electron chi connectivity index (χ3n) is 0.408. The highest BCUT2D eigenvalue weighted by atomic mass is 32.2. The summed E-state index contributed by atoms with van der Waals surface area (Å²) < 4.78 is 0. The van der Waals surface area contributed by atoms with Gasteiger partial charge in [0.05, 0.1) is 0 Å². The summed E-state index contributed by atoms with van der Waals surface area (Å²) in [6, 6.07) is 0. The lowest BCUT2D eigenvalue weighted by molar-refractivity contribution is 0.563. The van der Waals surface area contributed by atoms with Crippen molar-refractivity contribution in [3.8, 4) is 0 Å². The van der Waals surface area contributed by atoms with Crippen molar-refractivity contribution in [2.75, 3.05) is 11.5 Å². The van der Waals surface area contributed by atoms with Gasteiger partial charge in [-0.15, -0.1) is 0 Å². The van der Waals surface area contributed by atoms with Crippen LogP contribution in [0.2, 0.25) is 0 Å². The topological polar surface area (TPSA) is 40.9 Å². The molecule has 0 saturated carbocycles. The molecule has 0 radical (unpaired) electrons.